The summed E-state index contributed by atoms with van der Waals surface area (Å²) < 4.78 is 31.9. The molecular weight excluding hydrogens is 448 g/mol. The Balaban J connectivity index is 1.67. The number of piperidine rings is 1. The normalized spacial score (nSPS) is 14.6. The number of nitriles is 1. The number of rotatable bonds is 4. The Hall–Kier alpha value is -3.90. The Morgan fingerprint density at radius 1 is 1.06 bits per heavy atom. The van der Waals surface area contributed by atoms with E-state index in [1.54, 1.807) is 24.7 Å². The highest BCUT2D eigenvalue weighted by Gasteiger charge is 2.23. The summed E-state index contributed by atoms with van der Waals surface area (Å²) in [4.78, 5) is 15.9. The molecule has 0 saturated carbocycles. The van der Waals surface area contributed by atoms with E-state index >= 15 is 4.39 Å². The second-order valence-electron chi connectivity index (χ2n) is 9.12. The molecule has 0 unspecified atom stereocenters. The van der Waals surface area contributed by atoms with E-state index in [0.29, 0.717) is 28.1 Å². The largest absolute Gasteiger partial charge is 0.355 e. The molecule has 0 atom stereocenters. The van der Waals surface area contributed by atoms with Crippen LogP contribution < -0.4 is 10.6 Å². The molecule has 2 aromatic carbocycles. The van der Waals surface area contributed by atoms with Crippen LogP contribution in [0.2, 0.25) is 0 Å². The molecule has 5 rings (SSSR count). The zero-order valence-corrected chi connectivity index (χ0v) is 19.5. The fourth-order valence-electron chi connectivity index (χ4n) is 4.45. The maximum Gasteiger partial charge on any atom is 0.147 e. The third-order valence-corrected chi connectivity index (χ3v) is 6.46. The monoisotopic (exact) mass is 473 g/mol. The Kier molecular flexibility index (Phi) is 5.91. The lowest BCUT2D eigenvalue weighted by Gasteiger charge is -2.31. The van der Waals surface area contributed by atoms with Crippen LogP contribution in [0.3, 0.4) is 0 Å². The van der Waals surface area contributed by atoms with Gasteiger partial charge in [-0.3, -0.25) is 0 Å². The van der Waals surface area contributed by atoms with Crippen LogP contribution in [0.1, 0.15) is 38.3 Å². The average Bonchev–Trinajstić information content (AvgIpc) is 3.26. The fraction of sp³-hybridized carbons (Fsp3) is 0.308. The minimum Gasteiger partial charge on any atom is -0.355 e. The van der Waals surface area contributed by atoms with Gasteiger partial charge in [-0.2, -0.15) is 5.26 Å². The van der Waals surface area contributed by atoms with E-state index in [-0.39, 0.29) is 28.9 Å². The highest BCUT2D eigenvalue weighted by molar-refractivity contribution is 5.86. The molecule has 3 heterocycles. The molecule has 0 spiro atoms. The standard InChI is InChI=1S/C26H25F2N7/c1-15(2)35-14-32-22-10-19(21(28)11-23(22)35)26-25(16-3-4-17(12-29)20(27)9-16)33-24(13-31-26)34-7-5-18(30)6-8-34/h3-4,9-11,13-15,18H,5-8,30H2,1-2H3. The molecule has 1 aliphatic heterocycles. The molecule has 1 fully saturated rings. The number of nitrogens with zero attached hydrogens (tertiary/aromatic N) is 6. The third-order valence-electron chi connectivity index (χ3n) is 6.46. The van der Waals surface area contributed by atoms with Gasteiger partial charge in [0, 0.05) is 42.4 Å². The van der Waals surface area contributed by atoms with Crippen molar-refractivity contribution < 1.29 is 8.78 Å². The summed E-state index contributed by atoms with van der Waals surface area (Å²) >= 11 is 0. The Labute approximate surface area is 201 Å². The summed E-state index contributed by atoms with van der Waals surface area (Å²) in [7, 11) is 0. The SMILES string of the molecule is CC(C)n1cnc2cc(-c3ncc(N4CCC(N)CC4)nc3-c3ccc(C#N)c(F)c3)c(F)cc21. The van der Waals surface area contributed by atoms with E-state index < -0.39 is 11.6 Å². The van der Waals surface area contributed by atoms with Crippen molar-refractivity contribution in [1.82, 2.24) is 19.5 Å². The van der Waals surface area contributed by atoms with Crippen molar-refractivity contribution in [3.63, 3.8) is 0 Å². The van der Waals surface area contributed by atoms with Gasteiger partial charge in [0.1, 0.15) is 23.5 Å². The number of hydrogen-bond donors (Lipinski definition) is 1. The maximum atomic E-state index is 15.5. The molecule has 1 aliphatic rings. The molecule has 2 aromatic heterocycles. The molecule has 0 radical (unpaired) electrons. The predicted molar refractivity (Wildman–Crippen MR) is 131 cm³/mol. The average molecular weight is 474 g/mol. The van der Waals surface area contributed by atoms with Crippen molar-refractivity contribution in [1.29, 1.82) is 5.26 Å². The molecule has 35 heavy (non-hydrogen) atoms. The van der Waals surface area contributed by atoms with Gasteiger partial charge in [0.15, 0.2) is 0 Å². The van der Waals surface area contributed by atoms with Crippen molar-refractivity contribution in [2.45, 2.75) is 38.8 Å². The molecule has 0 amide bonds. The van der Waals surface area contributed by atoms with Crippen molar-refractivity contribution in [2.75, 3.05) is 18.0 Å². The van der Waals surface area contributed by atoms with Gasteiger partial charge >= 0.3 is 0 Å². The van der Waals surface area contributed by atoms with E-state index in [0.717, 1.165) is 25.9 Å². The summed E-state index contributed by atoms with van der Waals surface area (Å²) in [5.74, 6) is -0.522. The Bertz CT molecular complexity index is 1450. The van der Waals surface area contributed by atoms with Crippen molar-refractivity contribution in [3.05, 3.63) is 60.1 Å². The van der Waals surface area contributed by atoms with Crippen LogP contribution in [0, 0.1) is 23.0 Å². The minimum atomic E-state index is -0.668. The highest BCUT2D eigenvalue weighted by Crippen LogP contribution is 2.35. The number of benzene rings is 2. The molecule has 0 bridgehead atoms. The molecule has 2 N–H and O–H groups in total. The number of hydrogen-bond acceptors (Lipinski definition) is 6. The van der Waals surface area contributed by atoms with Gasteiger partial charge in [-0.25, -0.2) is 23.7 Å². The van der Waals surface area contributed by atoms with Crippen molar-refractivity contribution in [3.8, 4) is 28.6 Å². The number of fused-ring (bicyclic) bond motifs is 1. The van der Waals surface area contributed by atoms with Crippen LogP contribution in [0.15, 0.2) is 42.9 Å². The summed E-state index contributed by atoms with van der Waals surface area (Å²) in [5.41, 5.74) is 8.53. The van der Waals surface area contributed by atoms with Gasteiger partial charge in [0.2, 0.25) is 0 Å². The minimum absolute atomic E-state index is 0.0729. The Morgan fingerprint density at radius 3 is 2.51 bits per heavy atom. The zero-order chi connectivity index (χ0) is 24.7. The highest BCUT2D eigenvalue weighted by atomic mass is 19.1. The Morgan fingerprint density at radius 2 is 1.83 bits per heavy atom. The fourth-order valence-corrected chi connectivity index (χ4v) is 4.45. The van der Waals surface area contributed by atoms with Crippen molar-refractivity contribution in [2.24, 2.45) is 5.73 Å². The first-order valence-electron chi connectivity index (χ1n) is 11.6. The van der Waals surface area contributed by atoms with E-state index in [1.165, 1.54) is 18.2 Å². The summed E-state index contributed by atoms with van der Waals surface area (Å²) in [6.45, 7) is 5.46. The second kappa shape index (κ2) is 9.04. The molecule has 7 nitrogen and oxygen atoms in total. The first-order chi connectivity index (χ1) is 16.9. The molecule has 4 aromatic rings. The van der Waals surface area contributed by atoms with Gasteiger partial charge in [-0.15, -0.1) is 0 Å². The van der Waals surface area contributed by atoms with E-state index in [1.807, 2.05) is 24.5 Å². The summed E-state index contributed by atoms with van der Waals surface area (Å²) in [6, 6.07) is 9.44. The number of nitrogens with two attached hydrogens (primary N) is 1. The summed E-state index contributed by atoms with van der Waals surface area (Å²) in [6.07, 6.45) is 4.96. The summed E-state index contributed by atoms with van der Waals surface area (Å²) in [5, 5.41) is 9.13. The maximum absolute atomic E-state index is 15.5. The molecule has 0 aliphatic carbocycles. The predicted octanol–water partition coefficient (Wildman–Crippen LogP) is 4.82. The molecular formula is C26H25F2N7. The van der Waals surface area contributed by atoms with Crippen LogP contribution in [0.5, 0.6) is 0 Å². The van der Waals surface area contributed by atoms with Gasteiger partial charge in [-0.1, -0.05) is 6.07 Å². The lowest BCUT2D eigenvalue weighted by atomic mass is 10.0. The first-order valence-corrected chi connectivity index (χ1v) is 11.6. The number of halogens is 2. The van der Waals surface area contributed by atoms with E-state index in [2.05, 4.69) is 14.9 Å². The number of anilines is 1. The quantitative estimate of drug-likeness (QED) is 0.457. The first kappa shape index (κ1) is 22.9. The number of aromatic nitrogens is 4. The topological polar surface area (TPSA) is 96.7 Å². The lowest BCUT2D eigenvalue weighted by Crippen LogP contribution is -2.40. The van der Waals surface area contributed by atoms with Crippen LogP contribution in [0.25, 0.3) is 33.5 Å². The second-order valence-corrected chi connectivity index (χ2v) is 9.12. The van der Waals surface area contributed by atoms with Gasteiger partial charge < -0.3 is 15.2 Å². The smallest absolute Gasteiger partial charge is 0.147 e. The zero-order valence-electron chi connectivity index (χ0n) is 19.5. The van der Waals surface area contributed by atoms with E-state index in [4.69, 9.17) is 16.0 Å². The molecule has 1 saturated heterocycles. The van der Waals surface area contributed by atoms with Crippen LogP contribution in [-0.4, -0.2) is 38.7 Å². The molecule has 9 heteroatoms. The molecule has 178 valence electrons. The van der Waals surface area contributed by atoms with Crippen LogP contribution in [0.4, 0.5) is 14.6 Å². The van der Waals surface area contributed by atoms with Crippen LogP contribution in [-0.2, 0) is 0 Å². The van der Waals surface area contributed by atoms with Crippen molar-refractivity contribution >= 4 is 16.9 Å². The lowest BCUT2D eigenvalue weighted by molar-refractivity contribution is 0.498. The number of imidazole rings is 1. The van der Waals surface area contributed by atoms with Crippen LogP contribution >= 0.6 is 0 Å². The van der Waals surface area contributed by atoms with Gasteiger partial charge in [-0.05, 0) is 44.9 Å². The van der Waals surface area contributed by atoms with Gasteiger partial charge in [0.25, 0.3) is 0 Å². The van der Waals surface area contributed by atoms with E-state index in [9.17, 15) is 4.39 Å². The third kappa shape index (κ3) is 4.21. The van der Waals surface area contributed by atoms with Gasteiger partial charge in [0.05, 0.1) is 40.5 Å².